The molecule has 0 unspecified atom stereocenters. The van der Waals surface area contributed by atoms with E-state index in [0.717, 1.165) is 50.0 Å². The maximum atomic E-state index is 10.2. The minimum atomic E-state index is 0.131. The molecule has 2 N–H and O–H groups in total. The van der Waals surface area contributed by atoms with Gasteiger partial charge in [-0.15, -0.1) is 0 Å². The van der Waals surface area contributed by atoms with E-state index in [1.165, 1.54) is 0 Å². The van der Waals surface area contributed by atoms with E-state index in [2.05, 4.69) is 0 Å². The summed E-state index contributed by atoms with van der Waals surface area (Å²) in [5, 5.41) is 22.0. The highest BCUT2D eigenvalue weighted by Crippen LogP contribution is 2.36. The van der Waals surface area contributed by atoms with E-state index in [4.69, 9.17) is 20.0 Å². The Hall–Kier alpha value is -5.76. The van der Waals surface area contributed by atoms with Crippen LogP contribution in [0.1, 0.15) is 11.1 Å². The van der Waals surface area contributed by atoms with Crippen LogP contribution < -0.4 is 0 Å². The van der Waals surface area contributed by atoms with Crippen molar-refractivity contribution in [2.24, 2.45) is 20.0 Å². The molecule has 190 valence electrons. The Morgan fingerprint density at radius 1 is 0.525 bits per heavy atom. The van der Waals surface area contributed by atoms with Gasteiger partial charge in [0.1, 0.15) is 11.5 Å². The summed E-state index contributed by atoms with van der Waals surface area (Å²) >= 11 is 0. The van der Waals surface area contributed by atoms with Crippen molar-refractivity contribution in [3.05, 3.63) is 126 Å². The van der Waals surface area contributed by atoms with Crippen LogP contribution in [0.25, 0.3) is 27.5 Å². The number of fused-ring (bicyclic) bond motifs is 3. The summed E-state index contributed by atoms with van der Waals surface area (Å²) in [7, 11) is 0. The molecule has 0 fully saturated rings. The summed E-state index contributed by atoms with van der Waals surface area (Å²) in [6.07, 6.45) is 4.05. The highest BCUT2D eigenvalue weighted by atomic mass is 16.3. The molecule has 3 aliphatic rings. The monoisotopic (exact) mass is 520 g/mol. The van der Waals surface area contributed by atoms with Gasteiger partial charge in [-0.3, -0.25) is 4.57 Å². The third kappa shape index (κ3) is 3.40. The Morgan fingerprint density at radius 3 is 1.75 bits per heavy atom. The van der Waals surface area contributed by atoms with Gasteiger partial charge in [0.05, 0.1) is 28.1 Å². The molecule has 0 spiro atoms. The number of aromatic nitrogens is 1. The first-order chi connectivity index (χ1) is 19.6. The topological polar surface area (TPSA) is 98.1 Å². The number of phenolic OH excluding ortho intramolecular Hbond substituents is 2. The summed E-state index contributed by atoms with van der Waals surface area (Å²) in [4.78, 5) is 21.6. The van der Waals surface area contributed by atoms with Gasteiger partial charge in [-0.1, -0.05) is 60.7 Å². The molecule has 0 amide bonds. The predicted octanol–water partition coefficient (Wildman–Crippen LogP) is 5.88. The Labute approximate surface area is 228 Å². The molecular formula is C32H20N6O2. The van der Waals surface area contributed by atoms with Crippen molar-refractivity contribution in [2.75, 3.05) is 0 Å². The van der Waals surface area contributed by atoms with Gasteiger partial charge in [0, 0.05) is 21.9 Å². The summed E-state index contributed by atoms with van der Waals surface area (Å²) in [5.41, 5.74) is 5.96. The maximum absolute atomic E-state index is 10.2. The minimum Gasteiger partial charge on any atom is -0.508 e. The molecule has 8 nitrogen and oxygen atoms in total. The van der Waals surface area contributed by atoms with Gasteiger partial charge >= 0.3 is 0 Å². The zero-order valence-corrected chi connectivity index (χ0v) is 21.0. The summed E-state index contributed by atoms with van der Waals surface area (Å²) in [6.45, 7) is 0. The fourth-order valence-electron chi connectivity index (χ4n) is 5.33. The van der Waals surface area contributed by atoms with Gasteiger partial charge < -0.3 is 10.2 Å². The van der Waals surface area contributed by atoms with Crippen molar-refractivity contribution in [1.82, 2.24) is 9.47 Å². The number of allylic oxidation sites excluding steroid dienone is 2. The van der Waals surface area contributed by atoms with Crippen LogP contribution in [0, 0.1) is 0 Å². The van der Waals surface area contributed by atoms with E-state index in [1.807, 2.05) is 94.4 Å². The normalized spacial score (nSPS) is 16.1. The molecule has 0 radical (unpaired) electrons. The summed E-state index contributed by atoms with van der Waals surface area (Å²) in [6, 6.07) is 30.2. The smallest absolute Gasteiger partial charge is 0.241 e. The molecule has 3 aliphatic heterocycles. The highest BCUT2D eigenvalue weighted by molar-refractivity contribution is 6.26. The second kappa shape index (κ2) is 8.37. The van der Waals surface area contributed by atoms with E-state index < -0.39 is 0 Å². The lowest BCUT2D eigenvalue weighted by Crippen LogP contribution is -2.42. The molecule has 8 heteroatoms. The van der Waals surface area contributed by atoms with Crippen molar-refractivity contribution in [3.8, 4) is 11.5 Å². The molecule has 0 aliphatic carbocycles. The molecule has 0 saturated heterocycles. The standard InChI is InChI=1S/C32H20N6O2/c39-22-11-13-28-24(17-22)25-18-23(40)12-14-29(25)38(28)32-35-30-33-26(19-7-3-1-4-8-19)15-21-16-27(20-9-5-2-6-10-20)34-31(36-32)37(21)30/h1-18,39-40H. The Balaban J connectivity index is 1.40. The first-order valence-corrected chi connectivity index (χ1v) is 12.8. The lowest BCUT2D eigenvalue weighted by Gasteiger charge is -2.32. The van der Waals surface area contributed by atoms with Crippen LogP contribution in [-0.4, -0.2) is 43.3 Å². The number of guanidine groups is 2. The molecule has 0 bridgehead atoms. The Morgan fingerprint density at radius 2 is 1.10 bits per heavy atom. The van der Waals surface area contributed by atoms with Crippen LogP contribution >= 0.6 is 0 Å². The largest absolute Gasteiger partial charge is 0.508 e. The van der Waals surface area contributed by atoms with Gasteiger partial charge in [0.2, 0.25) is 17.9 Å². The molecule has 40 heavy (non-hydrogen) atoms. The second-order valence-corrected chi connectivity index (χ2v) is 9.64. The van der Waals surface area contributed by atoms with E-state index in [1.54, 1.807) is 24.3 Å². The highest BCUT2D eigenvalue weighted by Gasteiger charge is 2.34. The molecule has 4 heterocycles. The van der Waals surface area contributed by atoms with E-state index in [-0.39, 0.29) is 11.5 Å². The molecular weight excluding hydrogens is 500 g/mol. The van der Waals surface area contributed by atoms with Crippen LogP contribution in [0.3, 0.4) is 0 Å². The number of rotatable bonds is 2. The van der Waals surface area contributed by atoms with Crippen LogP contribution in [0.2, 0.25) is 0 Å². The van der Waals surface area contributed by atoms with Crippen LogP contribution in [0.5, 0.6) is 11.5 Å². The predicted molar refractivity (Wildman–Crippen MR) is 158 cm³/mol. The molecule has 4 aromatic carbocycles. The third-order valence-corrected chi connectivity index (χ3v) is 7.14. The Kier molecular flexibility index (Phi) is 4.66. The maximum Gasteiger partial charge on any atom is 0.241 e. The number of hydrogen-bond donors (Lipinski definition) is 2. The molecule has 1 aromatic heterocycles. The molecule has 5 aromatic rings. The van der Waals surface area contributed by atoms with Gasteiger partial charge in [-0.2, -0.15) is 9.98 Å². The minimum absolute atomic E-state index is 0.131. The lowest BCUT2D eigenvalue weighted by molar-refractivity contribution is 0.475. The number of hydrogen-bond acceptors (Lipinski definition) is 7. The van der Waals surface area contributed by atoms with E-state index in [9.17, 15) is 10.2 Å². The fraction of sp³-hybridized carbons (Fsp3) is 0. The van der Waals surface area contributed by atoms with Crippen LogP contribution in [0.4, 0.5) is 0 Å². The number of aliphatic imine (C=N–C) groups is 4. The number of phenols is 2. The first kappa shape index (κ1) is 22.2. The average molecular weight is 521 g/mol. The second-order valence-electron chi connectivity index (χ2n) is 9.64. The van der Waals surface area contributed by atoms with Gasteiger partial charge in [0.15, 0.2) is 0 Å². The van der Waals surface area contributed by atoms with Crippen molar-refractivity contribution in [1.29, 1.82) is 0 Å². The van der Waals surface area contributed by atoms with Crippen molar-refractivity contribution in [2.45, 2.75) is 0 Å². The van der Waals surface area contributed by atoms with Gasteiger partial charge in [0.25, 0.3) is 0 Å². The summed E-state index contributed by atoms with van der Waals surface area (Å²) in [5.74, 6) is 1.55. The van der Waals surface area contributed by atoms with Gasteiger partial charge in [-0.25, -0.2) is 14.9 Å². The first-order valence-electron chi connectivity index (χ1n) is 12.8. The fourth-order valence-corrected chi connectivity index (χ4v) is 5.33. The molecule has 0 atom stereocenters. The zero-order chi connectivity index (χ0) is 26.8. The van der Waals surface area contributed by atoms with E-state index in [0.29, 0.717) is 17.9 Å². The van der Waals surface area contributed by atoms with Crippen LogP contribution in [-0.2, 0) is 0 Å². The summed E-state index contributed by atoms with van der Waals surface area (Å²) < 4.78 is 1.91. The van der Waals surface area contributed by atoms with Crippen LogP contribution in [0.15, 0.2) is 135 Å². The zero-order valence-electron chi connectivity index (χ0n) is 21.0. The Bertz CT molecular complexity index is 1970. The third-order valence-electron chi connectivity index (χ3n) is 7.14. The number of aromatic hydroxyl groups is 2. The van der Waals surface area contributed by atoms with Crippen molar-refractivity contribution < 1.29 is 10.2 Å². The average Bonchev–Trinajstić information content (AvgIpc) is 3.30. The van der Waals surface area contributed by atoms with Crippen molar-refractivity contribution >= 4 is 51.1 Å². The lowest BCUT2D eigenvalue weighted by atomic mass is 10.0. The molecule has 0 saturated carbocycles. The quantitative estimate of drug-likeness (QED) is 0.304. The molecule has 8 rings (SSSR count). The van der Waals surface area contributed by atoms with Crippen molar-refractivity contribution in [3.63, 3.8) is 0 Å². The van der Waals surface area contributed by atoms with E-state index >= 15 is 0 Å². The number of nitrogens with zero attached hydrogens (tertiary/aromatic N) is 6. The van der Waals surface area contributed by atoms with Gasteiger partial charge in [-0.05, 0) is 48.6 Å². The SMILES string of the molecule is Oc1ccc2c(c1)c1cc(O)ccc1n2C1=NC2=NC(c3ccccc3)=CC3=CC(c4ccccc4)=NC(=N1)N32. The number of benzene rings is 4.